The van der Waals surface area contributed by atoms with Gasteiger partial charge in [-0.05, 0) is 63.1 Å². The van der Waals surface area contributed by atoms with Crippen molar-refractivity contribution in [2.75, 3.05) is 10.8 Å². The predicted octanol–water partition coefficient (Wildman–Crippen LogP) is 5.40. The van der Waals surface area contributed by atoms with Crippen molar-refractivity contribution < 1.29 is 22.4 Å². The van der Waals surface area contributed by atoms with Crippen molar-refractivity contribution in [1.29, 1.82) is 0 Å². The van der Waals surface area contributed by atoms with Crippen molar-refractivity contribution >= 4 is 39.1 Å². The first-order valence-electron chi connectivity index (χ1n) is 12.5. The quantitative estimate of drug-likeness (QED) is 0.352. The molecule has 1 unspecified atom stereocenters. The summed E-state index contributed by atoms with van der Waals surface area (Å²) in [5.74, 6) is -1.89. The first kappa shape index (κ1) is 30.1. The van der Waals surface area contributed by atoms with Crippen LogP contribution in [0.5, 0.6) is 0 Å². The molecule has 0 radical (unpaired) electrons. The molecule has 10 heteroatoms. The van der Waals surface area contributed by atoms with Crippen LogP contribution in [0.2, 0.25) is 5.02 Å². The Kier molecular flexibility index (Phi) is 9.74. The number of nitrogens with one attached hydrogen (secondary N) is 1. The van der Waals surface area contributed by atoms with E-state index < -0.39 is 45.8 Å². The van der Waals surface area contributed by atoms with Gasteiger partial charge in [0.2, 0.25) is 11.8 Å². The third-order valence-corrected chi connectivity index (χ3v) is 8.06. The van der Waals surface area contributed by atoms with Crippen LogP contribution in [0.4, 0.5) is 10.1 Å². The highest BCUT2D eigenvalue weighted by molar-refractivity contribution is 7.92. The van der Waals surface area contributed by atoms with Crippen LogP contribution in [-0.2, 0) is 26.2 Å². The molecule has 0 fully saturated rings. The number of para-hydroxylation sites is 1. The number of rotatable bonds is 10. The number of amides is 2. The fourth-order valence-electron chi connectivity index (χ4n) is 4.07. The maximum absolute atomic E-state index is 15.0. The molecule has 3 aromatic carbocycles. The van der Waals surface area contributed by atoms with Crippen molar-refractivity contribution in [1.82, 2.24) is 10.2 Å². The smallest absolute Gasteiger partial charge is 0.264 e. The largest absolute Gasteiger partial charge is 0.350 e. The molecule has 1 atom stereocenters. The van der Waals surface area contributed by atoms with Crippen LogP contribution in [0.1, 0.15) is 39.7 Å². The second-order valence-electron chi connectivity index (χ2n) is 10.1. The van der Waals surface area contributed by atoms with Crippen LogP contribution in [-0.4, -0.2) is 43.3 Å². The van der Waals surface area contributed by atoms with E-state index in [1.807, 2.05) is 20.8 Å². The van der Waals surface area contributed by atoms with E-state index in [1.54, 1.807) is 49.4 Å². The SMILES string of the molecule is CCC(C(=O)NC(C)(C)C)N(Cc1ccccc1Cl)C(=O)CN(c1ccccc1F)S(=O)(=O)c1ccccc1. The standard InChI is InChI=1S/C29H33ClFN3O4S/c1-5-25(28(36)32-29(2,3)4)33(19-21-13-9-10-16-23(21)30)27(35)20-34(26-18-12-11-17-24(26)31)39(37,38)22-14-7-6-8-15-22/h6-18,25H,5,19-20H2,1-4H3,(H,32,36). The van der Waals surface area contributed by atoms with E-state index in [0.717, 1.165) is 10.4 Å². The molecule has 3 aromatic rings. The molecule has 0 aromatic heterocycles. The van der Waals surface area contributed by atoms with E-state index in [4.69, 9.17) is 11.6 Å². The van der Waals surface area contributed by atoms with Crippen LogP contribution in [0.15, 0.2) is 83.8 Å². The van der Waals surface area contributed by atoms with Gasteiger partial charge in [-0.1, -0.05) is 67.1 Å². The summed E-state index contributed by atoms with van der Waals surface area (Å²) in [6.07, 6.45) is 0.253. The van der Waals surface area contributed by atoms with Crippen LogP contribution in [0.25, 0.3) is 0 Å². The van der Waals surface area contributed by atoms with E-state index in [0.29, 0.717) is 10.6 Å². The van der Waals surface area contributed by atoms with Gasteiger partial charge in [0.05, 0.1) is 10.6 Å². The molecular formula is C29H33ClFN3O4S. The van der Waals surface area contributed by atoms with E-state index in [1.165, 1.54) is 35.2 Å². The molecule has 208 valence electrons. The fraction of sp³-hybridized carbons (Fsp3) is 0.310. The van der Waals surface area contributed by atoms with E-state index >= 15 is 0 Å². The lowest BCUT2D eigenvalue weighted by atomic mass is 10.1. The first-order valence-corrected chi connectivity index (χ1v) is 14.3. The Balaban J connectivity index is 2.09. The van der Waals surface area contributed by atoms with Crippen LogP contribution in [0, 0.1) is 5.82 Å². The summed E-state index contributed by atoms with van der Waals surface area (Å²) in [4.78, 5) is 28.5. The highest BCUT2D eigenvalue weighted by Crippen LogP contribution is 2.27. The van der Waals surface area contributed by atoms with Crippen LogP contribution >= 0.6 is 11.6 Å². The van der Waals surface area contributed by atoms with E-state index in [2.05, 4.69) is 5.32 Å². The third-order valence-electron chi connectivity index (χ3n) is 5.91. The molecular weight excluding hydrogens is 541 g/mol. The molecule has 0 saturated carbocycles. The van der Waals surface area contributed by atoms with Gasteiger partial charge >= 0.3 is 0 Å². The molecule has 0 spiro atoms. The minimum absolute atomic E-state index is 0.0505. The molecule has 39 heavy (non-hydrogen) atoms. The third kappa shape index (κ3) is 7.58. The number of carbonyl (C=O) groups is 2. The molecule has 0 aliphatic rings. The number of benzene rings is 3. The Labute approximate surface area is 234 Å². The van der Waals surface area contributed by atoms with Crippen molar-refractivity contribution in [2.45, 2.75) is 57.1 Å². The Morgan fingerprint density at radius 1 is 0.949 bits per heavy atom. The van der Waals surface area contributed by atoms with Gasteiger partial charge < -0.3 is 10.2 Å². The van der Waals surface area contributed by atoms with Crippen molar-refractivity contribution in [3.63, 3.8) is 0 Å². The summed E-state index contributed by atoms with van der Waals surface area (Å²) in [6, 6.07) is 18.8. The summed E-state index contributed by atoms with van der Waals surface area (Å²) < 4.78 is 43.1. The highest BCUT2D eigenvalue weighted by atomic mass is 35.5. The summed E-state index contributed by atoms with van der Waals surface area (Å²) in [6.45, 7) is 6.45. The second-order valence-corrected chi connectivity index (χ2v) is 12.3. The minimum Gasteiger partial charge on any atom is -0.350 e. The zero-order valence-electron chi connectivity index (χ0n) is 22.4. The summed E-state index contributed by atoms with van der Waals surface area (Å²) >= 11 is 6.39. The highest BCUT2D eigenvalue weighted by Gasteiger charge is 2.35. The molecule has 0 saturated heterocycles. The van der Waals surface area contributed by atoms with Crippen LogP contribution in [0.3, 0.4) is 0 Å². The van der Waals surface area contributed by atoms with E-state index in [-0.39, 0.29) is 23.5 Å². The zero-order valence-corrected chi connectivity index (χ0v) is 24.0. The van der Waals surface area contributed by atoms with Gasteiger partial charge in [0, 0.05) is 17.1 Å². The average molecular weight is 574 g/mol. The van der Waals surface area contributed by atoms with Crippen molar-refractivity contribution in [3.05, 3.63) is 95.3 Å². The van der Waals surface area contributed by atoms with Crippen molar-refractivity contribution in [2.24, 2.45) is 0 Å². The Bertz CT molecular complexity index is 1410. The topological polar surface area (TPSA) is 86.8 Å². The van der Waals surface area contributed by atoms with E-state index in [9.17, 15) is 22.4 Å². The Hall–Kier alpha value is -3.43. The Morgan fingerprint density at radius 2 is 1.54 bits per heavy atom. The number of nitrogens with zero attached hydrogens (tertiary/aromatic N) is 2. The molecule has 0 heterocycles. The monoisotopic (exact) mass is 573 g/mol. The lowest BCUT2D eigenvalue weighted by molar-refractivity contribution is -0.141. The first-order chi connectivity index (χ1) is 18.3. The molecule has 0 aliphatic heterocycles. The number of carbonyl (C=O) groups excluding carboxylic acids is 2. The van der Waals surface area contributed by atoms with Crippen molar-refractivity contribution in [3.8, 4) is 0 Å². The number of hydrogen-bond donors (Lipinski definition) is 1. The summed E-state index contributed by atoms with van der Waals surface area (Å²) in [5, 5.41) is 3.29. The minimum atomic E-state index is -4.35. The fourth-order valence-corrected chi connectivity index (χ4v) is 5.71. The summed E-state index contributed by atoms with van der Waals surface area (Å²) in [5.41, 5.74) is -0.267. The lowest BCUT2D eigenvalue weighted by Crippen LogP contribution is -2.55. The lowest BCUT2D eigenvalue weighted by Gasteiger charge is -2.35. The molecule has 3 rings (SSSR count). The molecule has 1 N–H and O–H groups in total. The van der Waals surface area contributed by atoms with Gasteiger partial charge in [-0.2, -0.15) is 0 Å². The van der Waals surface area contributed by atoms with Gasteiger partial charge in [0.15, 0.2) is 0 Å². The average Bonchev–Trinajstić information content (AvgIpc) is 2.88. The van der Waals surface area contributed by atoms with Gasteiger partial charge in [-0.3, -0.25) is 13.9 Å². The maximum Gasteiger partial charge on any atom is 0.264 e. The van der Waals surface area contributed by atoms with Gasteiger partial charge in [-0.15, -0.1) is 0 Å². The van der Waals surface area contributed by atoms with Crippen LogP contribution < -0.4 is 9.62 Å². The van der Waals surface area contributed by atoms with Gasteiger partial charge in [0.25, 0.3) is 10.0 Å². The number of sulfonamides is 1. The number of hydrogen-bond acceptors (Lipinski definition) is 4. The maximum atomic E-state index is 15.0. The second kappa shape index (κ2) is 12.6. The summed E-state index contributed by atoms with van der Waals surface area (Å²) in [7, 11) is -4.35. The number of halogens is 2. The predicted molar refractivity (Wildman–Crippen MR) is 151 cm³/mol. The Morgan fingerprint density at radius 3 is 2.13 bits per heavy atom. The zero-order chi connectivity index (χ0) is 28.8. The molecule has 0 aliphatic carbocycles. The molecule has 2 amide bonds. The normalized spacial score (nSPS) is 12.5. The number of anilines is 1. The van der Waals surface area contributed by atoms with Gasteiger partial charge in [0.1, 0.15) is 18.4 Å². The molecule has 7 nitrogen and oxygen atoms in total. The van der Waals surface area contributed by atoms with Gasteiger partial charge in [-0.25, -0.2) is 12.8 Å². The molecule has 0 bridgehead atoms.